The van der Waals surface area contributed by atoms with E-state index >= 15 is 0 Å². The first-order valence-electron chi connectivity index (χ1n) is 6.70. The van der Waals surface area contributed by atoms with Crippen molar-refractivity contribution < 1.29 is 0 Å². The smallest absolute Gasteiger partial charge is 0.0994 e. The van der Waals surface area contributed by atoms with Crippen molar-refractivity contribution in [2.24, 2.45) is 5.41 Å². The maximum atomic E-state index is 9.08. The summed E-state index contributed by atoms with van der Waals surface area (Å²) in [6.07, 6.45) is 5.36. The van der Waals surface area contributed by atoms with Crippen molar-refractivity contribution in [1.82, 2.24) is 0 Å². The molecular weight excluding hydrogens is 238 g/mol. The normalized spacial score (nSPS) is 22.4. The van der Waals surface area contributed by atoms with Gasteiger partial charge >= 0.3 is 0 Å². The maximum Gasteiger partial charge on any atom is 0.0994 e. The van der Waals surface area contributed by atoms with E-state index in [0.29, 0.717) is 5.41 Å². The molecule has 1 saturated carbocycles. The van der Waals surface area contributed by atoms with Crippen LogP contribution in [0.5, 0.6) is 0 Å². The third-order valence-corrected chi connectivity index (χ3v) is 5.12. The Hall–Kier alpha value is -0.940. The van der Waals surface area contributed by atoms with Gasteiger partial charge in [-0.05, 0) is 36.3 Å². The van der Waals surface area contributed by atoms with Crippen molar-refractivity contribution in [2.75, 3.05) is 0 Å². The van der Waals surface area contributed by atoms with Crippen molar-refractivity contribution >= 4 is 11.8 Å². The molecular formula is C16H21NS. The van der Waals surface area contributed by atoms with Crippen LogP contribution in [0.15, 0.2) is 24.3 Å². The van der Waals surface area contributed by atoms with Crippen LogP contribution in [0, 0.1) is 16.7 Å². The van der Waals surface area contributed by atoms with Crippen LogP contribution in [0.1, 0.15) is 50.7 Å². The van der Waals surface area contributed by atoms with Gasteiger partial charge in [0.15, 0.2) is 0 Å². The van der Waals surface area contributed by atoms with Gasteiger partial charge in [0, 0.05) is 11.0 Å². The van der Waals surface area contributed by atoms with E-state index in [0.717, 1.165) is 16.6 Å². The molecule has 1 atom stereocenters. The number of hydrogen-bond acceptors (Lipinski definition) is 2. The topological polar surface area (TPSA) is 23.8 Å². The second kappa shape index (κ2) is 5.80. The van der Waals surface area contributed by atoms with E-state index in [1.165, 1.54) is 31.2 Å². The van der Waals surface area contributed by atoms with Gasteiger partial charge in [-0.3, -0.25) is 0 Å². The molecule has 1 aliphatic carbocycles. The molecule has 0 spiro atoms. The minimum atomic E-state index is 0.505. The van der Waals surface area contributed by atoms with Gasteiger partial charge < -0.3 is 0 Å². The van der Waals surface area contributed by atoms with E-state index in [1.54, 1.807) is 0 Å². The lowest BCUT2D eigenvalue weighted by Crippen LogP contribution is -2.24. The fourth-order valence-corrected chi connectivity index (χ4v) is 4.30. The minimum Gasteiger partial charge on any atom is -0.192 e. The number of hydrogen-bond donors (Lipinski definition) is 0. The Labute approximate surface area is 115 Å². The van der Waals surface area contributed by atoms with Gasteiger partial charge in [-0.2, -0.15) is 17.0 Å². The third-order valence-electron chi connectivity index (χ3n) is 3.77. The molecule has 0 aromatic heterocycles. The van der Waals surface area contributed by atoms with Crippen molar-refractivity contribution in [3.05, 3.63) is 35.4 Å². The van der Waals surface area contributed by atoms with Gasteiger partial charge in [0.2, 0.25) is 0 Å². The highest BCUT2D eigenvalue weighted by Crippen LogP contribution is 2.41. The number of thioether (sulfide) groups is 1. The van der Waals surface area contributed by atoms with E-state index in [1.807, 2.05) is 30.0 Å². The van der Waals surface area contributed by atoms with Crippen molar-refractivity contribution in [3.8, 4) is 6.07 Å². The van der Waals surface area contributed by atoms with Crippen LogP contribution in [0.3, 0.4) is 0 Å². The Bertz CT molecular complexity index is 445. The Morgan fingerprint density at radius 1 is 1.39 bits per heavy atom. The van der Waals surface area contributed by atoms with Gasteiger partial charge in [-0.15, -0.1) is 0 Å². The second-order valence-corrected chi connectivity index (χ2v) is 7.25. The van der Waals surface area contributed by atoms with Crippen molar-refractivity contribution in [2.45, 2.75) is 50.5 Å². The van der Waals surface area contributed by atoms with Gasteiger partial charge in [0.05, 0.1) is 11.6 Å². The highest BCUT2D eigenvalue weighted by molar-refractivity contribution is 7.99. The zero-order chi connectivity index (χ0) is 13.0. The Kier molecular flexibility index (Phi) is 4.35. The predicted molar refractivity (Wildman–Crippen MR) is 78.5 cm³/mol. The van der Waals surface area contributed by atoms with Gasteiger partial charge in [-0.25, -0.2) is 0 Å². The molecule has 1 aromatic carbocycles. The SMILES string of the molecule is CC1(C)CCCC(SCc2ccccc2C#N)C1. The lowest BCUT2D eigenvalue weighted by molar-refractivity contribution is 0.251. The molecule has 0 heterocycles. The molecule has 2 rings (SSSR count). The van der Waals surface area contributed by atoms with Gasteiger partial charge in [0.1, 0.15) is 0 Å². The second-order valence-electron chi connectivity index (χ2n) is 5.96. The third kappa shape index (κ3) is 3.53. The van der Waals surface area contributed by atoms with E-state index in [9.17, 15) is 0 Å². The highest BCUT2D eigenvalue weighted by atomic mass is 32.2. The Morgan fingerprint density at radius 2 is 2.17 bits per heavy atom. The van der Waals surface area contributed by atoms with Crippen LogP contribution < -0.4 is 0 Å². The number of nitrogens with zero attached hydrogens (tertiary/aromatic N) is 1. The molecule has 1 unspecified atom stereocenters. The van der Waals surface area contributed by atoms with E-state index in [-0.39, 0.29) is 0 Å². The average molecular weight is 259 g/mol. The van der Waals surface area contributed by atoms with Crippen LogP contribution >= 0.6 is 11.8 Å². The Morgan fingerprint density at radius 3 is 2.89 bits per heavy atom. The standard InChI is InChI=1S/C16H21NS/c1-16(2)9-5-8-15(10-16)18-12-14-7-4-3-6-13(14)11-17/h3-4,6-7,15H,5,8-10,12H2,1-2H3. The number of nitriles is 1. The summed E-state index contributed by atoms with van der Waals surface area (Å²) in [5.41, 5.74) is 2.53. The minimum absolute atomic E-state index is 0.505. The fourth-order valence-electron chi connectivity index (χ4n) is 2.73. The van der Waals surface area contributed by atoms with Crippen molar-refractivity contribution in [3.63, 3.8) is 0 Å². The summed E-state index contributed by atoms with van der Waals surface area (Å²) in [5, 5.41) is 9.84. The summed E-state index contributed by atoms with van der Waals surface area (Å²) < 4.78 is 0. The predicted octanol–water partition coefficient (Wildman–Crippen LogP) is 4.76. The lowest BCUT2D eigenvalue weighted by Gasteiger charge is -2.34. The van der Waals surface area contributed by atoms with Crippen LogP contribution in [-0.4, -0.2) is 5.25 Å². The largest absolute Gasteiger partial charge is 0.192 e. The van der Waals surface area contributed by atoms with Crippen LogP contribution in [0.4, 0.5) is 0 Å². The summed E-state index contributed by atoms with van der Waals surface area (Å²) in [5.74, 6) is 0.977. The van der Waals surface area contributed by atoms with Crippen LogP contribution in [-0.2, 0) is 5.75 Å². The van der Waals surface area contributed by atoms with E-state index in [4.69, 9.17) is 5.26 Å². The number of rotatable bonds is 3. The molecule has 1 aromatic rings. The first kappa shape index (κ1) is 13.5. The van der Waals surface area contributed by atoms with Crippen LogP contribution in [0.25, 0.3) is 0 Å². The first-order chi connectivity index (χ1) is 8.61. The summed E-state index contributed by atoms with van der Waals surface area (Å²) in [4.78, 5) is 0. The fraction of sp³-hybridized carbons (Fsp3) is 0.562. The molecule has 18 heavy (non-hydrogen) atoms. The molecule has 1 fully saturated rings. The van der Waals surface area contributed by atoms with Crippen molar-refractivity contribution in [1.29, 1.82) is 5.26 Å². The van der Waals surface area contributed by atoms with Gasteiger partial charge in [0.25, 0.3) is 0 Å². The molecule has 0 radical (unpaired) electrons. The molecule has 0 amide bonds. The summed E-state index contributed by atoms with van der Waals surface area (Å²) >= 11 is 2.03. The van der Waals surface area contributed by atoms with Crippen LogP contribution in [0.2, 0.25) is 0 Å². The average Bonchev–Trinajstić information content (AvgIpc) is 2.35. The maximum absolute atomic E-state index is 9.08. The summed E-state index contributed by atoms with van der Waals surface area (Å²) in [6, 6.07) is 10.3. The lowest BCUT2D eigenvalue weighted by atomic mass is 9.77. The molecule has 1 nitrogen and oxygen atoms in total. The zero-order valence-corrected chi connectivity index (χ0v) is 12.1. The van der Waals surface area contributed by atoms with E-state index < -0.39 is 0 Å². The summed E-state index contributed by atoms with van der Waals surface area (Å²) in [6.45, 7) is 4.76. The zero-order valence-electron chi connectivity index (χ0n) is 11.3. The molecule has 1 aliphatic rings. The molecule has 96 valence electrons. The molecule has 0 N–H and O–H groups in total. The van der Waals surface area contributed by atoms with E-state index in [2.05, 4.69) is 26.0 Å². The van der Waals surface area contributed by atoms with Gasteiger partial charge in [-0.1, -0.05) is 38.5 Å². The molecule has 0 saturated heterocycles. The molecule has 2 heteroatoms. The molecule has 0 aliphatic heterocycles. The first-order valence-corrected chi connectivity index (χ1v) is 7.75. The quantitative estimate of drug-likeness (QED) is 0.781. The molecule has 0 bridgehead atoms. The highest BCUT2D eigenvalue weighted by Gasteiger charge is 2.28. The monoisotopic (exact) mass is 259 g/mol. The summed E-state index contributed by atoms with van der Waals surface area (Å²) in [7, 11) is 0. The Balaban J connectivity index is 1.94. The number of benzene rings is 1.